The summed E-state index contributed by atoms with van der Waals surface area (Å²) >= 11 is 5.18. The van der Waals surface area contributed by atoms with E-state index in [0.29, 0.717) is 5.75 Å². The van der Waals surface area contributed by atoms with Gasteiger partial charge in [-0.05, 0) is 62.8 Å². The lowest BCUT2D eigenvalue weighted by Gasteiger charge is -2.11. The zero-order valence-electron chi connectivity index (χ0n) is 16.7. The molecule has 3 rings (SSSR count). The fourth-order valence-electron chi connectivity index (χ4n) is 3.03. The summed E-state index contributed by atoms with van der Waals surface area (Å²) in [6, 6.07) is 24.8. The second-order valence-electron chi connectivity index (χ2n) is 6.62. The van der Waals surface area contributed by atoms with Gasteiger partial charge in [0.05, 0.1) is 4.47 Å². The summed E-state index contributed by atoms with van der Waals surface area (Å²) in [6.45, 7) is 1.81. The Morgan fingerprint density at radius 2 is 1.80 bits per heavy atom. The van der Waals surface area contributed by atoms with Crippen LogP contribution in [-0.4, -0.2) is 23.4 Å². The van der Waals surface area contributed by atoms with Crippen LogP contribution in [0.15, 0.2) is 88.2 Å². The van der Waals surface area contributed by atoms with Gasteiger partial charge in [0, 0.05) is 10.6 Å². The molecule has 0 radical (unpaired) electrons. The van der Waals surface area contributed by atoms with Crippen LogP contribution in [0.5, 0.6) is 5.75 Å². The van der Waals surface area contributed by atoms with E-state index in [4.69, 9.17) is 9.84 Å². The Balaban J connectivity index is 1.78. The molecule has 0 bridgehead atoms. The van der Waals surface area contributed by atoms with Crippen LogP contribution in [0.25, 0.3) is 5.57 Å². The summed E-state index contributed by atoms with van der Waals surface area (Å²) in [5.74, 6) is 0.340. The van der Waals surface area contributed by atoms with E-state index in [1.807, 2.05) is 18.2 Å². The normalized spacial score (nSPS) is 11.3. The molecule has 0 heterocycles. The molecule has 5 heteroatoms. The van der Waals surface area contributed by atoms with E-state index < -0.39 is 5.97 Å². The SMILES string of the molecule is CCc1cccc(C(=CCSc2ccc(OCC(=O)O)c(Br)c2)c2ccccc2)c1. The molecule has 0 fully saturated rings. The Kier molecular flexibility index (Phi) is 8.17. The maximum atomic E-state index is 10.7. The van der Waals surface area contributed by atoms with Crippen molar-refractivity contribution in [3.05, 3.63) is 100 Å². The van der Waals surface area contributed by atoms with Gasteiger partial charge < -0.3 is 9.84 Å². The van der Waals surface area contributed by atoms with Gasteiger partial charge in [-0.1, -0.05) is 67.6 Å². The number of aryl methyl sites for hydroxylation is 1. The summed E-state index contributed by atoms with van der Waals surface area (Å²) in [5.41, 5.74) is 4.96. The highest BCUT2D eigenvalue weighted by Crippen LogP contribution is 2.31. The first kappa shape index (κ1) is 22.2. The second-order valence-corrected chi connectivity index (χ2v) is 8.57. The van der Waals surface area contributed by atoms with Crippen LogP contribution in [0.2, 0.25) is 0 Å². The van der Waals surface area contributed by atoms with Gasteiger partial charge in [-0.15, -0.1) is 11.8 Å². The first-order valence-corrected chi connectivity index (χ1v) is 11.5. The molecular formula is C25H23BrO3S. The molecular weight excluding hydrogens is 460 g/mol. The Morgan fingerprint density at radius 1 is 1.03 bits per heavy atom. The van der Waals surface area contributed by atoms with Crippen molar-refractivity contribution in [3.63, 3.8) is 0 Å². The van der Waals surface area contributed by atoms with Gasteiger partial charge in [0.1, 0.15) is 5.75 Å². The summed E-state index contributed by atoms with van der Waals surface area (Å²) in [5, 5.41) is 8.76. The third kappa shape index (κ3) is 6.25. The molecule has 3 aromatic carbocycles. The highest BCUT2D eigenvalue weighted by atomic mass is 79.9. The number of benzene rings is 3. The van der Waals surface area contributed by atoms with Crippen LogP contribution in [0.3, 0.4) is 0 Å². The van der Waals surface area contributed by atoms with Crippen LogP contribution in [0.1, 0.15) is 23.6 Å². The average molecular weight is 483 g/mol. The largest absolute Gasteiger partial charge is 0.481 e. The Morgan fingerprint density at radius 3 is 2.50 bits per heavy atom. The van der Waals surface area contributed by atoms with Gasteiger partial charge in [0.15, 0.2) is 6.61 Å². The first-order chi connectivity index (χ1) is 14.6. The Labute approximate surface area is 189 Å². The molecule has 0 saturated heterocycles. The molecule has 0 aliphatic rings. The van der Waals surface area contributed by atoms with Gasteiger partial charge in [-0.25, -0.2) is 4.79 Å². The van der Waals surface area contributed by atoms with E-state index in [-0.39, 0.29) is 6.61 Å². The summed E-state index contributed by atoms with van der Waals surface area (Å²) in [4.78, 5) is 11.8. The van der Waals surface area contributed by atoms with E-state index in [1.54, 1.807) is 17.8 Å². The van der Waals surface area contributed by atoms with Crippen molar-refractivity contribution in [1.29, 1.82) is 0 Å². The molecule has 0 amide bonds. The molecule has 0 aliphatic heterocycles. The van der Waals surface area contributed by atoms with Crippen molar-refractivity contribution in [2.75, 3.05) is 12.4 Å². The number of ether oxygens (including phenoxy) is 1. The zero-order chi connectivity index (χ0) is 21.3. The molecule has 3 aromatic rings. The predicted molar refractivity (Wildman–Crippen MR) is 127 cm³/mol. The van der Waals surface area contributed by atoms with Gasteiger partial charge in [0.2, 0.25) is 0 Å². The number of hydrogen-bond acceptors (Lipinski definition) is 3. The quantitative estimate of drug-likeness (QED) is 0.344. The minimum Gasteiger partial charge on any atom is -0.481 e. The lowest BCUT2D eigenvalue weighted by atomic mass is 9.96. The van der Waals surface area contributed by atoms with Crippen molar-refractivity contribution in [3.8, 4) is 5.75 Å². The molecule has 0 unspecified atom stereocenters. The van der Waals surface area contributed by atoms with Crippen LogP contribution >= 0.6 is 27.7 Å². The minimum absolute atomic E-state index is 0.356. The summed E-state index contributed by atoms with van der Waals surface area (Å²) in [7, 11) is 0. The molecule has 0 spiro atoms. The Hall–Kier alpha value is -2.50. The van der Waals surface area contributed by atoms with Crippen LogP contribution in [0, 0.1) is 0 Å². The third-order valence-electron chi connectivity index (χ3n) is 4.52. The molecule has 0 atom stereocenters. The molecule has 0 saturated carbocycles. The lowest BCUT2D eigenvalue weighted by Crippen LogP contribution is -2.09. The maximum absolute atomic E-state index is 10.7. The Bertz CT molecular complexity index is 1030. The number of carboxylic acids is 1. The fraction of sp³-hybridized carbons (Fsp3) is 0.160. The molecule has 154 valence electrons. The number of carboxylic acid groups (broad SMARTS) is 1. The third-order valence-corrected chi connectivity index (χ3v) is 6.06. The first-order valence-electron chi connectivity index (χ1n) is 9.68. The average Bonchev–Trinajstić information content (AvgIpc) is 2.76. The summed E-state index contributed by atoms with van der Waals surface area (Å²) < 4.78 is 6.01. The minimum atomic E-state index is -0.994. The number of hydrogen-bond donors (Lipinski definition) is 1. The zero-order valence-corrected chi connectivity index (χ0v) is 19.1. The van der Waals surface area contributed by atoms with Gasteiger partial charge in [-0.2, -0.15) is 0 Å². The maximum Gasteiger partial charge on any atom is 0.341 e. The van der Waals surface area contributed by atoms with Crippen LogP contribution in [-0.2, 0) is 11.2 Å². The molecule has 30 heavy (non-hydrogen) atoms. The standard InChI is InChI=1S/C25H23BrO3S/c1-2-18-7-6-10-20(15-18)22(19-8-4-3-5-9-19)13-14-30-21-11-12-24(23(26)16-21)29-17-25(27)28/h3-13,15-16H,2,14,17H2,1H3,(H,27,28). The van der Waals surface area contributed by atoms with E-state index in [9.17, 15) is 4.79 Å². The molecule has 0 aliphatic carbocycles. The highest BCUT2D eigenvalue weighted by molar-refractivity contribution is 9.10. The number of carbonyl (C=O) groups is 1. The van der Waals surface area contributed by atoms with E-state index >= 15 is 0 Å². The van der Waals surface area contributed by atoms with Crippen molar-refractivity contribution in [1.82, 2.24) is 0 Å². The monoisotopic (exact) mass is 482 g/mol. The highest BCUT2D eigenvalue weighted by Gasteiger charge is 2.08. The van der Waals surface area contributed by atoms with Crippen molar-refractivity contribution in [2.24, 2.45) is 0 Å². The molecule has 0 aromatic heterocycles. The number of halogens is 1. The topological polar surface area (TPSA) is 46.5 Å². The molecule has 3 nitrogen and oxygen atoms in total. The van der Waals surface area contributed by atoms with E-state index in [1.165, 1.54) is 22.3 Å². The number of rotatable bonds is 9. The number of aliphatic carboxylic acids is 1. The predicted octanol–water partition coefficient (Wildman–Crippen LogP) is 6.70. The molecule has 1 N–H and O–H groups in total. The smallest absolute Gasteiger partial charge is 0.341 e. The lowest BCUT2D eigenvalue weighted by molar-refractivity contribution is -0.139. The van der Waals surface area contributed by atoms with E-state index in [2.05, 4.69) is 77.5 Å². The van der Waals surface area contributed by atoms with Crippen molar-refractivity contribution in [2.45, 2.75) is 18.2 Å². The van der Waals surface area contributed by atoms with Gasteiger partial charge in [0.25, 0.3) is 0 Å². The van der Waals surface area contributed by atoms with Crippen molar-refractivity contribution < 1.29 is 14.6 Å². The van der Waals surface area contributed by atoms with Gasteiger partial charge in [-0.3, -0.25) is 0 Å². The van der Waals surface area contributed by atoms with Crippen molar-refractivity contribution >= 4 is 39.2 Å². The van der Waals surface area contributed by atoms with Crippen LogP contribution in [0.4, 0.5) is 0 Å². The fourth-order valence-corrected chi connectivity index (χ4v) is 4.48. The number of thioether (sulfide) groups is 1. The van der Waals surface area contributed by atoms with E-state index in [0.717, 1.165) is 21.5 Å². The second kappa shape index (κ2) is 11.0. The van der Waals surface area contributed by atoms with Crippen LogP contribution < -0.4 is 4.74 Å². The summed E-state index contributed by atoms with van der Waals surface area (Å²) in [6.07, 6.45) is 3.27. The van der Waals surface area contributed by atoms with Gasteiger partial charge >= 0.3 is 5.97 Å².